The van der Waals surface area contributed by atoms with Gasteiger partial charge in [-0.05, 0) is 25.9 Å². The average molecular weight is 172 g/mol. The van der Waals surface area contributed by atoms with Gasteiger partial charge in [0.05, 0.1) is 0 Å². The lowest BCUT2D eigenvalue weighted by molar-refractivity contribution is 0.215. The third-order valence-corrected chi connectivity index (χ3v) is 2.84. The van der Waals surface area contributed by atoms with E-state index in [-0.39, 0.29) is 5.54 Å². The SMILES string of the molecule is CCN(CC)CC(N)(CC)CC. The van der Waals surface area contributed by atoms with Crippen LogP contribution in [0, 0.1) is 0 Å². The first kappa shape index (κ1) is 11.9. The molecule has 0 aromatic heterocycles. The van der Waals surface area contributed by atoms with Crippen LogP contribution in [0.3, 0.4) is 0 Å². The molecule has 0 saturated heterocycles. The first-order chi connectivity index (χ1) is 5.61. The molecular formula is C10H24N2. The molecule has 0 aromatic carbocycles. The third kappa shape index (κ3) is 3.55. The van der Waals surface area contributed by atoms with E-state index in [4.69, 9.17) is 5.73 Å². The van der Waals surface area contributed by atoms with E-state index in [9.17, 15) is 0 Å². The van der Waals surface area contributed by atoms with Gasteiger partial charge >= 0.3 is 0 Å². The van der Waals surface area contributed by atoms with Crippen LogP contribution < -0.4 is 5.73 Å². The Morgan fingerprint density at radius 3 is 1.67 bits per heavy atom. The summed E-state index contributed by atoms with van der Waals surface area (Å²) in [4.78, 5) is 2.40. The predicted molar refractivity (Wildman–Crippen MR) is 55.3 cm³/mol. The molecule has 74 valence electrons. The van der Waals surface area contributed by atoms with Gasteiger partial charge in [-0.15, -0.1) is 0 Å². The number of rotatable bonds is 6. The van der Waals surface area contributed by atoms with Crippen LogP contribution in [0.4, 0.5) is 0 Å². The van der Waals surface area contributed by atoms with E-state index in [2.05, 4.69) is 32.6 Å². The van der Waals surface area contributed by atoms with E-state index in [0.29, 0.717) is 0 Å². The fourth-order valence-electron chi connectivity index (χ4n) is 1.37. The molecule has 0 radical (unpaired) electrons. The van der Waals surface area contributed by atoms with Crippen LogP contribution in [0.2, 0.25) is 0 Å². The molecule has 2 nitrogen and oxygen atoms in total. The van der Waals surface area contributed by atoms with Gasteiger partial charge in [0.1, 0.15) is 0 Å². The Hall–Kier alpha value is -0.0800. The van der Waals surface area contributed by atoms with Crippen LogP contribution in [0.25, 0.3) is 0 Å². The third-order valence-electron chi connectivity index (χ3n) is 2.84. The zero-order valence-electron chi connectivity index (χ0n) is 9.06. The van der Waals surface area contributed by atoms with E-state index in [1.807, 2.05) is 0 Å². The van der Waals surface area contributed by atoms with Crippen molar-refractivity contribution >= 4 is 0 Å². The maximum atomic E-state index is 6.21. The predicted octanol–water partition coefficient (Wildman–Crippen LogP) is 1.85. The summed E-state index contributed by atoms with van der Waals surface area (Å²) >= 11 is 0. The number of likely N-dealkylation sites (N-methyl/N-ethyl adjacent to an activating group) is 1. The Labute approximate surface area is 77.1 Å². The summed E-state index contributed by atoms with van der Waals surface area (Å²) < 4.78 is 0. The molecule has 0 aliphatic carbocycles. The van der Waals surface area contributed by atoms with Crippen LogP contribution in [-0.2, 0) is 0 Å². The molecule has 0 heterocycles. The smallest absolute Gasteiger partial charge is 0.0278 e. The van der Waals surface area contributed by atoms with Gasteiger partial charge in [0, 0.05) is 12.1 Å². The second kappa shape index (κ2) is 5.55. The van der Waals surface area contributed by atoms with Crippen LogP contribution >= 0.6 is 0 Å². The molecule has 0 aliphatic heterocycles. The van der Waals surface area contributed by atoms with Gasteiger partial charge in [0.15, 0.2) is 0 Å². The summed E-state index contributed by atoms with van der Waals surface area (Å²) in [7, 11) is 0. The van der Waals surface area contributed by atoms with E-state index in [0.717, 1.165) is 32.5 Å². The molecule has 12 heavy (non-hydrogen) atoms. The van der Waals surface area contributed by atoms with Crippen molar-refractivity contribution in [1.82, 2.24) is 4.90 Å². The monoisotopic (exact) mass is 172 g/mol. The maximum Gasteiger partial charge on any atom is 0.0278 e. The zero-order valence-corrected chi connectivity index (χ0v) is 9.06. The van der Waals surface area contributed by atoms with Crippen LogP contribution in [0.5, 0.6) is 0 Å². The first-order valence-corrected chi connectivity index (χ1v) is 5.13. The second-order valence-electron chi connectivity index (χ2n) is 3.53. The van der Waals surface area contributed by atoms with Crippen LogP contribution in [0.15, 0.2) is 0 Å². The van der Waals surface area contributed by atoms with Crippen molar-refractivity contribution in [3.8, 4) is 0 Å². The van der Waals surface area contributed by atoms with Crippen molar-refractivity contribution in [2.45, 2.75) is 46.1 Å². The molecular weight excluding hydrogens is 148 g/mol. The lowest BCUT2D eigenvalue weighted by Crippen LogP contribution is -2.49. The molecule has 0 aliphatic rings. The Morgan fingerprint density at radius 1 is 1.00 bits per heavy atom. The Kier molecular flexibility index (Phi) is 5.51. The summed E-state index contributed by atoms with van der Waals surface area (Å²) in [5.74, 6) is 0. The van der Waals surface area contributed by atoms with Crippen LogP contribution in [-0.4, -0.2) is 30.1 Å². The summed E-state index contributed by atoms with van der Waals surface area (Å²) in [5.41, 5.74) is 6.24. The molecule has 0 bridgehead atoms. The molecule has 0 saturated carbocycles. The van der Waals surface area contributed by atoms with Crippen molar-refractivity contribution in [3.63, 3.8) is 0 Å². The van der Waals surface area contributed by atoms with Crippen molar-refractivity contribution in [2.24, 2.45) is 5.73 Å². The molecule has 0 atom stereocenters. The molecule has 2 N–H and O–H groups in total. The summed E-state index contributed by atoms with van der Waals surface area (Å²) in [6.07, 6.45) is 2.14. The highest BCUT2D eigenvalue weighted by Gasteiger charge is 2.22. The lowest BCUT2D eigenvalue weighted by Gasteiger charge is -2.32. The molecule has 0 aromatic rings. The molecule has 0 unspecified atom stereocenters. The quantitative estimate of drug-likeness (QED) is 0.662. The van der Waals surface area contributed by atoms with Gasteiger partial charge in [-0.25, -0.2) is 0 Å². The molecule has 0 rings (SSSR count). The largest absolute Gasteiger partial charge is 0.324 e. The van der Waals surface area contributed by atoms with E-state index in [1.54, 1.807) is 0 Å². The Bertz CT molecular complexity index is 104. The standard InChI is InChI=1S/C10H24N2/c1-5-10(11,6-2)9-12(7-3)8-4/h5-9,11H2,1-4H3. The highest BCUT2D eigenvalue weighted by Crippen LogP contribution is 2.12. The number of nitrogens with zero attached hydrogens (tertiary/aromatic N) is 1. The first-order valence-electron chi connectivity index (χ1n) is 5.13. The highest BCUT2D eigenvalue weighted by atomic mass is 15.1. The van der Waals surface area contributed by atoms with E-state index < -0.39 is 0 Å². The average Bonchev–Trinajstić information content (AvgIpc) is 2.14. The van der Waals surface area contributed by atoms with Gasteiger partial charge < -0.3 is 10.6 Å². The minimum atomic E-state index is 0.0338. The zero-order chi connectivity index (χ0) is 9.61. The molecule has 0 amide bonds. The lowest BCUT2D eigenvalue weighted by atomic mass is 9.93. The van der Waals surface area contributed by atoms with Gasteiger partial charge in [0.25, 0.3) is 0 Å². The molecule has 0 spiro atoms. The summed E-state index contributed by atoms with van der Waals surface area (Å²) in [6.45, 7) is 12.0. The van der Waals surface area contributed by atoms with Crippen molar-refractivity contribution in [1.29, 1.82) is 0 Å². The molecule has 2 heteroatoms. The van der Waals surface area contributed by atoms with Crippen molar-refractivity contribution < 1.29 is 0 Å². The van der Waals surface area contributed by atoms with Gasteiger partial charge in [-0.2, -0.15) is 0 Å². The maximum absolute atomic E-state index is 6.21. The van der Waals surface area contributed by atoms with E-state index in [1.165, 1.54) is 0 Å². The van der Waals surface area contributed by atoms with Gasteiger partial charge in [-0.3, -0.25) is 0 Å². The Morgan fingerprint density at radius 2 is 1.42 bits per heavy atom. The number of hydrogen-bond donors (Lipinski definition) is 1. The molecule has 0 fully saturated rings. The second-order valence-corrected chi connectivity index (χ2v) is 3.53. The minimum absolute atomic E-state index is 0.0338. The van der Waals surface area contributed by atoms with E-state index >= 15 is 0 Å². The van der Waals surface area contributed by atoms with Gasteiger partial charge in [0.2, 0.25) is 0 Å². The van der Waals surface area contributed by atoms with Crippen molar-refractivity contribution in [2.75, 3.05) is 19.6 Å². The normalized spacial score (nSPS) is 12.5. The highest BCUT2D eigenvalue weighted by molar-refractivity contribution is 4.84. The fraction of sp³-hybridized carbons (Fsp3) is 1.00. The number of nitrogens with two attached hydrogens (primary N) is 1. The fourth-order valence-corrected chi connectivity index (χ4v) is 1.37. The topological polar surface area (TPSA) is 29.3 Å². The summed E-state index contributed by atoms with van der Waals surface area (Å²) in [6, 6.07) is 0. The minimum Gasteiger partial charge on any atom is -0.324 e. The Balaban J connectivity index is 3.99. The van der Waals surface area contributed by atoms with Crippen molar-refractivity contribution in [3.05, 3.63) is 0 Å². The van der Waals surface area contributed by atoms with Crippen LogP contribution in [0.1, 0.15) is 40.5 Å². The van der Waals surface area contributed by atoms with Gasteiger partial charge in [-0.1, -0.05) is 27.7 Å². The number of hydrogen-bond acceptors (Lipinski definition) is 2. The summed E-state index contributed by atoms with van der Waals surface area (Å²) in [5, 5.41) is 0.